The molecule has 3 amide bonds. The number of aryl methyl sites for hydroxylation is 1. The third-order valence-electron chi connectivity index (χ3n) is 6.93. The Morgan fingerprint density at radius 2 is 1.78 bits per heavy atom. The van der Waals surface area contributed by atoms with Crippen molar-refractivity contribution in [2.45, 2.75) is 30.8 Å². The van der Waals surface area contributed by atoms with Crippen LogP contribution in [0.1, 0.15) is 11.3 Å². The molecule has 5 rings (SSSR count). The van der Waals surface area contributed by atoms with Gasteiger partial charge in [0.1, 0.15) is 0 Å². The summed E-state index contributed by atoms with van der Waals surface area (Å²) in [4.78, 5) is 49.2. The Morgan fingerprint density at radius 1 is 1.03 bits per heavy atom. The molecule has 190 valence electrons. The van der Waals surface area contributed by atoms with Gasteiger partial charge >= 0.3 is 6.03 Å². The molecule has 0 aliphatic carbocycles. The molecule has 1 aromatic carbocycles. The van der Waals surface area contributed by atoms with Gasteiger partial charge in [0.15, 0.2) is 23.3 Å². The lowest BCUT2D eigenvalue weighted by Gasteiger charge is -2.42. The van der Waals surface area contributed by atoms with E-state index in [1.54, 1.807) is 37.0 Å². The number of benzene rings is 1. The van der Waals surface area contributed by atoms with E-state index in [1.165, 1.54) is 10.5 Å². The van der Waals surface area contributed by atoms with Crippen molar-refractivity contribution in [2.75, 3.05) is 52.6 Å². The third-order valence-corrected chi connectivity index (χ3v) is 7.77. The van der Waals surface area contributed by atoms with E-state index in [4.69, 9.17) is 4.99 Å². The number of hydrogen-bond acceptors (Lipinski definition) is 9. The molecule has 0 bridgehead atoms. The molecule has 2 unspecified atom stereocenters. The highest BCUT2D eigenvalue weighted by Crippen LogP contribution is 2.29. The Labute approximate surface area is 216 Å². The fraction of sp³-hybridized carbons (Fsp3) is 0.480. The van der Waals surface area contributed by atoms with Gasteiger partial charge in [-0.1, -0.05) is 42.1 Å². The fourth-order valence-corrected chi connectivity index (χ4v) is 5.75. The molecule has 1 aromatic heterocycles. The minimum absolute atomic E-state index is 0.207. The summed E-state index contributed by atoms with van der Waals surface area (Å²) in [6, 6.07) is 11.5. The van der Waals surface area contributed by atoms with Crippen LogP contribution in [0.2, 0.25) is 0 Å². The zero-order valence-electron chi connectivity index (χ0n) is 20.9. The Balaban J connectivity index is 1.30. The molecule has 2 saturated heterocycles. The van der Waals surface area contributed by atoms with Crippen molar-refractivity contribution in [3.63, 3.8) is 0 Å². The van der Waals surface area contributed by atoms with Gasteiger partial charge in [0, 0.05) is 71.0 Å². The van der Waals surface area contributed by atoms with E-state index in [0.717, 1.165) is 49.5 Å². The zero-order chi connectivity index (χ0) is 25.2. The van der Waals surface area contributed by atoms with Gasteiger partial charge in [-0.15, -0.1) is 0 Å². The summed E-state index contributed by atoms with van der Waals surface area (Å²) in [5, 5.41) is 0.721. The molecule has 2 atom stereocenters. The molecule has 0 spiro atoms. The number of nitrogens with zero attached hydrogens (tertiary/aromatic N) is 8. The van der Waals surface area contributed by atoms with Gasteiger partial charge in [-0.2, -0.15) is 0 Å². The molecule has 0 saturated carbocycles. The largest absolute Gasteiger partial charge is 0.340 e. The highest BCUT2D eigenvalue weighted by atomic mass is 32.2. The molecule has 0 N–H and O–H groups in total. The number of aromatic nitrogens is 2. The first kappa shape index (κ1) is 24.5. The summed E-state index contributed by atoms with van der Waals surface area (Å²) in [6.45, 7) is 6.92. The molecule has 10 nitrogen and oxygen atoms in total. The molecule has 4 heterocycles. The van der Waals surface area contributed by atoms with Crippen LogP contribution in [-0.4, -0.2) is 117 Å². The molecule has 36 heavy (non-hydrogen) atoms. The fourth-order valence-electron chi connectivity index (χ4n) is 4.93. The van der Waals surface area contributed by atoms with Crippen LogP contribution in [0, 0.1) is 6.92 Å². The number of carbonyl (C=O) groups excluding carboxylic acids is 2. The van der Waals surface area contributed by atoms with Gasteiger partial charge in [-0.05, 0) is 18.6 Å². The van der Waals surface area contributed by atoms with Crippen molar-refractivity contribution >= 4 is 29.7 Å². The molecule has 2 fully saturated rings. The van der Waals surface area contributed by atoms with Crippen LogP contribution in [0.5, 0.6) is 0 Å². The molecule has 2 aromatic rings. The Hall–Kier alpha value is -3.18. The SMILES string of the molecule is Cc1ccnc(SCCN2C(N3CCN(Cc4ccccc4)CC3)=NC3C2C(=O)N(C)C(=O)N3C)n1. The summed E-state index contributed by atoms with van der Waals surface area (Å²) < 4.78 is 0. The smallest absolute Gasteiger partial charge is 0.328 e. The Bertz CT molecular complexity index is 1140. The number of likely N-dealkylation sites (N-methyl/N-ethyl adjacent to an activating group) is 2. The summed E-state index contributed by atoms with van der Waals surface area (Å²) in [5.41, 5.74) is 2.23. The van der Waals surface area contributed by atoms with Crippen LogP contribution in [0.4, 0.5) is 4.79 Å². The van der Waals surface area contributed by atoms with Gasteiger partial charge in [0.2, 0.25) is 0 Å². The van der Waals surface area contributed by atoms with Gasteiger partial charge in [-0.3, -0.25) is 14.6 Å². The molecular weight excluding hydrogens is 476 g/mol. The van der Waals surface area contributed by atoms with E-state index < -0.39 is 12.2 Å². The van der Waals surface area contributed by atoms with Gasteiger partial charge in [-0.25, -0.2) is 19.8 Å². The number of imide groups is 1. The lowest BCUT2D eigenvalue weighted by Crippen LogP contribution is -2.65. The Morgan fingerprint density at radius 3 is 2.50 bits per heavy atom. The minimum Gasteiger partial charge on any atom is -0.340 e. The maximum Gasteiger partial charge on any atom is 0.328 e. The van der Waals surface area contributed by atoms with E-state index in [1.807, 2.05) is 19.1 Å². The number of amides is 3. The van der Waals surface area contributed by atoms with Crippen LogP contribution in [0.15, 0.2) is 52.7 Å². The number of aliphatic imine (C=N–C) groups is 1. The number of rotatable bonds is 6. The average Bonchev–Trinajstić information content (AvgIpc) is 3.27. The van der Waals surface area contributed by atoms with Gasteiger partial charge < -0.3 is 14.7 Å². The van der Waals surface area contributed by atoms with Crippen molar-refractivity contribution in [3.05, 3.63) is 53.9 Å². The molecule has 3 aliphatic heterocycles. The normalized spacial score (nSPS) is 22.8. The molecular formula is C25H32N8O2S. The average molecular weight is 509 g/mol. The van der Waals surface area contributed by atoms with E-state index >= 15 is 0 Å². The second-order valence-electron chi connectivity index (χ2n) is 9.35. The van der Waals surface area contributed by atoms with Crippen molar-refractivity contribution in [2.24, 2.45) is 4.99 Å². The molecule has 3 aliphatic rings. The number of piperazine rings is 1. The van der Waals surface area contributed by atoms with Gasteiger partial charge in [0.25, 0.3) is 5.91 Å². The summed E-state index contributed by atoms with van der Waals surface area (Å²) in [5.74, 6) is 1.30. The van der Waals surface area contributed by atoms with Crippen LogP contribution in [0.3, 0.4) is 0 Å². The van der Waals surface area contributed by atoms with Gasteiger partial charge in [0.05, 0.1) is 0 Å². The van der Waals surface area contributed by atoms with E-state index in [0.29, 0.717) is 12.3 Å². The zero-order valence-corrected chi connectivity index (χ0v) is 21.8. The van der Waals surface area contributed by atoms with Crippen molar-refractivity contribution in [3.8, 4) is 0 Å². The maximum atomic E-state index is 13.2. The number of thioether (sulfide) groups is 1. The highest BCUT2D eigenvalue weighted by molar-refractivity contribution is 7.99. The summed E-state index contributed by atoms with van der Waals surface area (Å²) >= 11 is 1.56. The Kier molecular flexibility index (Phi) is 7.10. The first-order valence-electron chi connectivity index (χ1n) is 12.2. The molecule has 11 heteroatoms. The predicted molar refractivity (Wildman–Crippen MR) is 138 cm³/mol. The van der Waals surface area contributed by atoms with Crippen LogP contribution >= 0.6 is 11.8 Å². The van der Waals surface area contributed by atoms with Crippen molar-refractivity contribution < 1.29 is 9.59 Å². The van der Waals surface area contributed by atoms with Crippen molar-refractivity contribution in [1.82, 2.24) is 34.5 Å². The standard InChI is InChI=1S/C25H32N8O2S/c1-18-9-10-26-23(27-18)36-16-15-33-20-21(29(2)25(35)30(3)22(20)34)28-24(33)32-13-11-31(12-14-32)17-19-7-5-4-6-8-19/h4-10,20-21H,11-17H2,1-3H3. The lowest BCUT2D eigenvalue weighted by atomic mass is 10.1. The third kappa shape index (κ3) is 4.90. The number of hydrogen-bond donors (Lipinski definition) is 0. The number of guanidine groups is 1. The lowest BCUT2D eigenvalue weighted by molar-refractivity contribution is -0.136. The number of fused-ring (bicyclic) bond motifs is 1. The predicted octanol–water partition coefficient (Wildman–Crippen LogP) is 1.59. The maximum absolute atomic E-state index is 13.2. The van der Waals surface area contributed by atoms with Crippen LogP contribution < -0.4 is 0 Å². The van der Waals surface area contributed by atoms with E-state index in [-0.39, 0.29) is 11.9 Å². The minimum atomic E-state index is -0.519. The number of urea groups is 1. The topological polar surface area (TPSA) is 88.5 Å². The first-order chi connectivity index (χ1) is 17.4. The van der Waals surface area contributed by atoms with E-state index in [9.17, 15) is 9.59 Å². The monoisotopic (exact) mass is 508 g/mol. The quantitative estimate of drug-likeness (QED) is 0.429. The second kappa shape index (κ2) is 10.4. The summed E-state index contributed by atoms with van der Waals surface area (Å²) in [6.07, 6.45) is 1.25. The highest BCUT2D eigenvalue weighted by Gasteiger charge is 2.52. The van der Waals surface area contributed by atoms with Crippen LogP contribution in [-0.2, 0) is 11.3 Å². The molecule has 0 radical (unpaired) electrons. The van der Waals surface area contributed by atoms with Crippen molar-refractivity contribution in [1.29, 1.82) is 0 Å². The number of carbonyl (C=O) groups is 2. The van der Waals surface area contributed by atoms with E-state index in [2.05, 4.69) is 48.9 Å². The summed E-state index contributed by atoms with van der Waals surface area (Å²) in [7, 11) is 3.27. The second-order valence-corrected chi connectivity index (χ2v) is 10.4. The van der Waals surface area contributed by atoms with Crippen LogP contribution in [0.25, 0.3) is 0 Å². The first-order valence-corrected chi connectivity index (χ1v) is 13.2.